The fraction of sp³-hybridized carbons (Fsp3) is 0.391. The monoisotopic (exact) mass is 492 g/mol. The fourth-order valence-electron chi connectivity index (χ4n) is 3.70. The molecule has 178 valence electrons. The van der Waals surface area contributed by atoms with Crippen molar-refractivity contribution in [2.45, 2.75) is 37.2 Å². The molecule has 8 nitrogen and oxygen atoms in total. The van der Waals surface area contributed by atoms with Crippen molar-refractivity contribution in [3.8, 4) is 0 Å². The number of unbranched alkanes of at least 4 members (excludes halogenated alkanes) is 1. The molecule has 2 aromatic carbocycles. The molecule has 0 fully saturated rings. The molecule has 0 radical (unpaired) electrons. The summed E-state index contributed by atoms with van der Waals surface area (Å²) in [6.45, 7) is 2.61. The highest BCUT2D eigenvalue weighted by Gasteiger charge is 2.37. The molecule has 0 unspecified atom stereocenters. The minimum Gasteiger partial charge on any atom is -0.377 e. The molecule has 1 aliphatic heterocycles. The van der Waals surface area contributed by atoms with Crippen LogP contribution in [0, 0.1) is 0 Å². The zero-order valence-corrected chi connectivity index (χ0v) is 20.5. The quantitative estimate of drug-likeness (QED) is 0.574. The fourth-order valence-corrected chi connectivity index (χ4v) is 5.40. The lowest BCUT2D eigenvalue weighted by atomic mass is 10.1. The van der Waals surface area contributed by atoms with Crippen LogP contribution in [-0.2, 0) is 21.2 Å². The number of rotatable bonds is 7. The zero-order chi connectivity index (χ0) is 24.3. The molecular formula is C23H29ClN4O4S. The van der Waals surface area contributed by atoms with E-state index in [1.807, 2.05) is 6.92 Å². The van der Waals surface area contributed by atoms with Gasteiger partial charge >= 0.3 is 0 Å². The molecule has 0 saturated heterocycles. The van der Waals surface area contributed by atoms with Crippen molar-refractivity contribution in [1.29, 1.82) is 0 Å². The number of nitrogens with zero attached hydrogens (tertiary/aromatic N) is 2. The van der Waals surface area contributed by atoms with Crippen LogP contribution in [0.5, 0.6) is 0 Å². The number of anilines is 2. The van der Waals surface area contributed by atoms with Crippen molar-refractivity contribution < 1.29 is 18.0 Å². The number of fused-ring (bicyclic) bond motifs is 1. The molecule has 1 aliphatic rings. The molecule has 3 N–H and O–H groups in total. The molecule has 3 rings (SSSR count). The van der Waals surface area contributed by atoms with Crippen LogP contribution in [0.15, 0.2) is 41.3 Å². The highest BCUT2D eigenvalue weighted by molar-refractivity contribution is 7.91. The van der Waals surface area contributed by atoms with Gasteiger partial charge in [-0.25, -0.2) is 8.42 Å². The molecule has 0 bridgehead atoms. The van der Waals surface area contributed by atoms with Crippen molar-refractivity contribution in [2.75, 3.05) is 36.2 Å². The Hall–Kier alpha value is -2.62. The van der Waals surface area contributed by atoms with Gasteiger partial charge in [0.05, 0.1) is 40.2 Å². The summed E-state index contributed by atoms with van der Waals surface area (Å²) >= 11 is 5.98. The topological polar surface area (TPSA) is 113 Å². The lowest BCUT2D eigenvalue weighted by molar-refractivity contribution is -0.119. The molecule has 33 heavy (non-hydrogen) atoms. The van der Waals surface area contributed by atoms with E-state index >= 15 is 0 Å². The Morgan fingerprint density at radius 2 is 1.91 bits per heavy atom. The van der Waals surface area contributed by atoms with Crippen LogP contribution in [0.1, 0.15) is 35.7 Å². The summed E-state index contributed by atoms with van der Waals surface area (Å²) in [4.78, 5) is 29.2. The van der Waals surface area contributed by atoms with Crippen molar-refractivity contribution >= 4 is 44.6 Å². The molecule has 1 heterocycles. The van der Waals surface area contributed by atoms with Crippen LogP contribution in [-0.4, -0.2) is 52.7 Å². The van der Waals surface area contributed by atoms with Gasteiger partial charge in [-0.15, -0.1) is 0 Å². The van der Waals surface area contributed by atoms with Crippen LogP contribution >= 0.6 is 11.6 Å². The second kappa shape index (κ2) is 10.1. The number of carbonyl (C=O) groups excluding carboxylic acids is 2. The lowest BCUT2D eigenvalue weighted by Gasteiger charge is -2.26. The Balaban J connectivity index is 2.18. The smallest absolute Gasteiger partial charge is 0.253 e. The standard InChI is InChI=1S/C23H29ClN4O4S/c1-4-5-10-26-22(29)17-11-20-21(12-19(17)27(2)3)33(31,32)14-18(25)23(30)28(20)13-15-6-8-16(24)9-7-15/h6-9,11-12,18H,4-5,10,13-14,25H2,1-3H3,(H,26,29)/t18-/m0/s1. The van der Waals surface area contributed by atoms with Crippen LogP contribution < -0.4 is 20.9 Å². The summed E-state index contributed by atoms with van der Waals surface area (Å²) in [6.07, 6.45) is 1.74. The van der Waals surface area contributed by atoms with E-state index in [1.165, 1.54) is 17.0 Å². The van der Waals surface area contributed by atoms with Crippen molar-refractivity contribution in [1.82, 2.24) is 5.32 Å². The molecule has 2 amide bonds. The molecule has 2 aromatic rings. The third kappa shape index (κ3) is 5.48. The van der Waals surface area contributed by atoms with Crippen LogP contribution in [0.4, 0.5) is 11.4 Å². The number of nitrogens with two attached hydrogens (primary N) is 1. The van der Waals surface area contributed by atoms with E-state index < -0.39 is 27.5 Å². The lowest BCUT2D eigenvalue weighted by Crippen LogP contribution is -2.45. The third-order valence-corrected chi connectivity index (χ3v) is 7.53. The highest BCUT2D eigenvalue weighted by Crippen LogP contribution is 2.37. The minimum atomic E-state index is -3.88. The number of amides is 2. The van der Waals surface area contributed by atoms with Crippen LogP contribution in [0.2, 0.25) is 5.02 Å². The number of halogens is 1. The third-order valence-electron chi connectivity index (χ3n) is 5.48. The van der Waals surface area contributed by atoms with E-state index in [0.717, 1.165) is 18.4 Å². The van der Waals surface area contributed by atoms with E-state index in [2.05, 4.69) is 5.32 Å². The predicted octanol–water partition coefficient (Wildman–Crippen LogP) is 2.58. The Kier molecular flexibility index (Phi) is 7.66. The first-order valence-electron chi connectivity index (χ1n) is 10.7. The molecule has 0 aromatic heterocycles. The highest BCUT2D eigenvalue weighted by atomic mass is 35.5. The number of sulfone groups is 1. The largest absolute Gasteiger partial charge is 0.377 e. The van der Waals surface area contributed by atoms with E-state index in [0.29, 0.717) is 17.3 Å². The van der Waals surface area contributed by atoms with Gasteiger partial charge in [0.2, 0.25) is 5.91 Å². The summed E-state index contributed by atoms with van der Waals surface area (Å²) in [6, 6.07) is 8.62. The summed E-state index contributed by atoms with van der Waals surface area (Å²) in [5, 5.41) is 3.41. The van der Waals surface area contributed by atoms with Gasteiger partial charge in [-0.3, -0.25) is 9.59 Å². The average molecular weight is 493 g/mol. The maximum Gasteiger partial charge on any atom is 0.253 e. The van der Waals surface area contributed by atoms with E-state index in [9.17, 15) is 18.0 Å². The van der Waals surface area contributed by atoms with E-state index in [-0.39, 0.29) is 28.6 Å². The molecule has 0 aliphatic carbocycles. The number of carbonyl (C=O) groups is 2. The number of hydrogen-bond donors (Lipinski definition) is 2. The van der Waals surface area contributed by atoms with Gasteiger partial charge in [-0.05, 0) is 36.2 Å². The Morgan fingerprint density at radius 1 is 1.24 bits per heavy atom. The van der Waals surface area contributed by atoms with Crippen LogP contribution in [0.25, 0.3) is 0 Å². The Bertz CT molecular complexity index is 1150. The van der Waals surface area contributed by atoms with E-state index in [1.54, 1.807) is 43.3 Å². The maximum atomic E-state index is 13.2. The number of nitrogens with one attached hydrogen (secondary N) is 1. The van der Waals surface area contributed by atoms with Crippen molar-refractivity contribution in [3.63, 3.8) is 0 Å². The van der Waals surface area contributed by atoms with Crippen LogP contribution in [0.3, 0.4) is 0 Å². The van der Waals surface area contributed by atoms with Crippen molar-refractivity contribution in [2.24, 2.45) is 5.73 Å². The second-order valence-electron chi connectivity index (χ2n) is 8.28. The zero-order valence-electron chi connectivity index (χ0n) is 19.0. The first kappa shape index (κ1) is 25.0. The molecule has 0 saturated carbocycles. The first-order valence-corrected chi connectivity index (χ1v) is 12.8. The average Bonchev–Trinajstić information content (AvgIpc) is 2.82. The van der Waals surface area contributed by atoms with Gasteiger partial charge in [0.1, 0.15) is 0 Å². The number of benzene rings is 2. The molecular weight excluding hydrogens is 464 g/mol. The normalized spacial score (nSPS) is 17.3. The number of hydrogen-bond acceptors (Lipinski definition) is 6. The van der Waals surface area contributed by atoms with E-state index in [4.69, 9.17) is 17.3 Å². The summed E-state index contributed by atoms with van der Waals surface area (Å²) < 4.78 is 26.3. The van der Waals surface area contributed by atoms with Gasteiger partial charge < -0.3 is 20.9 Å². The summed E-state index contributed by atoms with van der Waals surface area (Å²) in [7, 11) is -0.414. The first-order chi connectivity index (χ1) is 15.5. The second-order valence-corrected chi connectivity index (χ2v) is 10.7. The predicted molar refractivity (Wildman–Crippen MR) is 131 cm³/mol. The van der Waals surface area contributed by atoms with Gasteiger partial charge in [0.25, 0.3) is 5.91 Å². The molecule has 0 spiro atoms. The summed E-state index contributed by atoms with van der Waals surface area (Å²) in [5.41, 5.74) is 7.62. The SMILES string of the molecule is CCCCNC(=O)c1cc2c(cc1N(C)C)S(=O)(=O)C[C@H](N)C(=O)N2Cc1ccc(Cl)cc1. The maximum absolute atomic E-state index is 13.2. The Labute approximate surface area is 199 Å². The summed E-state index contributed by atoms with van der Waals surface area (Å²) in [5.74, 6) is -1.37. The van der Waals surface area contributed by atoms with Crippen molar-refractivity contribution in [3.05, 3.63) is 52.5 Å². The van der Waals surface area contributed by atoms with Gasteiger partial charge in [0, 0.05) is 25.7 Å². The molecule has 10 heteroatoms. The van der Waals surface area contributed by atoms with Gasteiger partial charge in [-0.2, -0.15) is 0 Å². The minimum absolute atomic E-state index is 0.0217. The Morgan fingerprint density at radius 3 is 2.52 bits per heavy atom. The van der Waals surface area contributed by atoms with Gasteiger partial charge in [-0.1, -0.05) is 37.1 Å². The van der Waals surface area contributed by atoms with Gasteiger partial charge in [0.15, 0.2) is 9.84 Å². The molecule has 1 atom stereocenters.